The molecule has 0 aromatic carbocycles. The standard InChI is InChI=1S/C8H15NOS/c1-6-4-11-5-9(3)8(10)7(6)2/h6-7H,4-5H2,1-3H3. The van der Waals surface area contributed by atoms with Crippen molar-refractivity contribution in [1.82, 2.24) is 4.90 Å². The van der Waals surface area contributed by atoms with Crippen molar-refractivity contribution in [2.45, 2.75) is 13.8 Å². The van der Waals surface area contributed by atoms with E-state index in [4.69, 9.17) is 0 Å². The lowest BCUT2D eigenvalue weighted by molar-refractivity contribution is -0.133. The summed E-state index contributed by atoms with van der Waals surface area (Å²) in [6, 6.07) is 0. The van der Waals surface area contributed by atoms with E-state index >= 15 is 0 Å². The van der Waals surface area contributed by atoms with E-state index in [-0.39, 0.29) is 5.92 Å². The fourth-order valence-electron chi connectivity index (χ4n) is 1.17. The summed E-state index contributed by atoms with van der Waals surface area (Å²) < 4.78 is 0. The largest absolute Gasteiger partial charge is 0.336 e. The van der Waals surface area contributed by atoms with Gasteiger partial charge in [-0.2, -0.15) is 0 Å². The Morgan fingerprint density at radius 2 is 2.18 bits per heavy atom. The van der Waals surface area contributed by atoms with E-state index in [9.17, 15) is 4.79 Å². The second-order valence-corrected chi connectivity index (χ2v) is 4.30. The van der Waals surface area contributed by atoms with Crippen molar-refractivity contribution in [1.29, 1.82) is 0 Å². The highest BCUT2D eigenvalue weighted by Gasteiger charge is 2.26. The van der Waals surface area contributed by atoms with Gasteiger partial charge in [-0.1, -0.05) is 13.8 Å². The molecule has 2 unspecified atom stereocenters. The van der Waals surface area contributed by atoms with Gasteiger partial charge in [0.25, 0.3) is 0 Å². The van der Waals surface area contributed by atoms with E-state index in [0.717, 1.165) is 11.6 Å². The lowest BCUT2D eigenvalue weighted by atomic mass is 9.97. The maximum Gasteiger partial charge on any atom is 0.226 e. The van der Waals surface area contributed by atoms with E-state index in [1.165, 1.54) is 0 Å². The lowest BCUT2D eigenvalue weighted by Gasteiger charge is -2.18. The zero-order valence-electron chi connectivity index (χ0n) is 7.33. The molecule has 0 bridgehead atoms. The van der Waals surface area contributed by atoms with Gasteiger partial charge in [-0.25, -0.2) is 0 Å². The summed E-state index contributed by atoms with van der Waals surface area (Å²) in [5, 5.41) is 0. The molecule has 1 saturated heterocycles. The summed E-state index contributed by atoms with van der Waals surface area (Å²) in [7, 11) is 1.88. The predicted octanol–water partition coefficient (Wildman–Crippen LogP) is 1.42. The van der Waals surface area contributed by atoms with Gasteiger partial charge in [-0.3, -0.25) is 4.79 Å². The summed E-state index contributed by atoms with van der Waals surface area (Å²) in [5.74, 6) is 2.99. The van der Waals surface area contributed by atoms with E-state index in [2.05, 4.69) is 6.92 Å². The van der Waals surface area contributed by atoms with Crippen LogP contribution < -0.4 is 0 Å². The monoisotopic (exact) mass is 173 g/mol. The first-order chi connectivity index (χ1) is 5.13. The zero-order valence-corrected chi connectivity index (χ0v) is 8.15. The quantitative estimate of drug-likeness (QED) is 0.552. The molecule has 1 aliphatic heterocycles. The van der Waals surface area contributed by atoms with Crippen LogP contribution in [0, 0.1) is 11.8 Å². The second-order valence-electron chi connectivity index (χ2n) is 3.30. The molecule has 1 fully saturated rings. The molecule has 11 heavy (non-hydrogen) atoms. The number of nitrogens with zero attached hydrogens (tertiary/aromatic N) is 1. The zero-order chi connectivity index (χ0) is 8.43. The molecule has 1 amide bonds. The van der Waals surface area contributed by atoms with Gasteiger partial charge in [0.15, 0.2) is 0 Å². The molecule has 1 rings (SSSR count). The Labute approximate surface area is 72.3 Å². The van der Waals surface area contributed by atoms with Crippen LogP contribution in [0.4, 0.5) is 0 Å². The Balaban J connectivity index is 2.66. The van der Waals surface area contributed by atoms with Gasteiger partial charge in [0, 0.05) is 13.0 Å². The third-order valence-electron chi connectivity index (χ3n) is 2.28. The molecule has 0 aliphatic carbocycles. The predicted molar refractivity (Wildman–Crippen MR) is 48.4 cm³/mol. The van der Waals surface area contributed by atoms with Gasteiger partial charge in [-0.15, -0.1) is 11.8 Å². The molecule has 0 aromatic heterocycles. The minimum atomic E-state index is 0.204. The number of rotatable bonds is 0. The van der Waals surface area contributed by atoms with Crippen LogP contribution in [0.3, 0.4) is 0 Å². The summed E-state index contributed by atoms with van der Waals surface area (Å²) in [6.07, 6.45) is 0. The van der Waals surface area contributed by atoms with Crippen molar-refractivity contribution in [2.75, 3.05) is 18.7 Å². The smallest absolute Gasteiger partial charge is 0.226 e. The fourth-order valence-corrected chi connectivity index (χ4v) is 2.34. The minimum absolute atomic E-state index is 0.204. The Morgan fingerprint density at radius 1 is 1.55 bits per heavy atom. The topological polar surface area (TPSA) is 20.3 Å². The van der Waals surface area contributed by atoms with Crippen molar-refractivity contribution in [3.8, 4) is 0 Å². The SMILES string of the molecule is CC1CSCN(C)C(=O)C1C. The molecule has 0 aromatic rings. The van der Waals surface area contributed by atoms with Gasteiger partial charge >= 0.3 is 0 Å². The third kappa shape index (κ3) is 1.89. The Bertz CT molecular complexity index is 160. The fraction of sp³-hybridized carbons (Fsp3) is 0.875. The van der Waals surface area contributed by atoms with E-state index in [0.29, 0.717) is 11.8 Å². The van der Waals surface area contributed by atoms with Crippen molar-refractivity contribution < 1.29 is 4.79 Å². The first kappa shape index (κ1) is 8.91. The van der Waals surface area contributed by atoms with Crippen LogP contribution in [0.5, 0.6) is 0 Å². The van der Waals surface area contributed by atoms with Gasteiger partial charge < -0.3 is 4.90 Å². The lowest BCUT2D eigenvalue weighted by Crippen LogP contribution is -2.31. The molecule has 1 aliphatic rings. The van der Waals surface area contributed by atoms with E-state index < -0.39 is 0 Å². The molecule has 2 nitrogen and oxygen atoms in total. The normalized spacial score (nSPS) is 33.7. The van der Waals surface area contributed by atoms with E-state index in [1.54, 1.807) is 0 Å². The maximum absolute atomic E-state index is 11.5. The third-order valence-corrected chi connectivity index (χ3v) is 3.62. The molecule has 2 atom stereocenters. The van der Waals surface area contributed by atoms with E-state index in [1.807, 2.05) is 30.6 Å². The Morgan fingerprint density at radius 3 is 2.82 bits per heavy atom. The first-order valence-electron chi connectivity index (χ1n) is 3.95. The van der Waals surface area contributed by atoms with Gasteiger partial charge in [-0.05, 0) is 11.7 Å². The van der Waals surface area contributed by atoms with Crippen LogP contribution in [-0.4, -0.2) is 29.5 Å². The molecule has 0 radical (unpaired) electrons. The number of hydrogen-bond acceptors (Lipinski definition) is 2. The minimum Gasteiger partial charge on any atom is -0.336 e. The second kappa shape index (κ2) is 3.48. The van der Waals surface area contributed by atoms with Crippen LogP contribution in [0.1, 0.15) is 13.8 Å². The summed E-state index contributed by atoms with van der Waals surface area (Å²) in [5.41, 5.74) is 0. The number of amides is 1. The molecule has 0 spiro atoms. The van der Waals surface area contributed by atoms with Crippen LogP contribution >= 0.6 is 11.8 Å². The van der Waals surface area contributed by atoms with Crippen LogP contribution in [0.15, 0.2) is 0 Å². The molecule has 1 heterocycles. The molecular formula is C8H15NOS. The number of carbonyl (C=O) groups excluding carboxylic acids is 1. The summed E-state index contributed by atoms with van der Waals surface area (Å²) in [6.45, 7) is 4.17. The van der Waals surface area contributed by atoms with Crippen LogP contribution in [-0.2, 0) is 4.79 Å². The maximum atomic E-state index is 11.5. The molecule has 0 saturated carbocycles. The number of thioether (sulfide) groups is 1. The highest BCUT2D eigenvalue weighted by molar-refractivity contribution is 7.99. The van der Waals surface area contributed by atoms with Crippen molar-refractivity contribution in [3.63, 3.8) is 0 Å². The van der Waals surface area contributed by atoms with Crippen molar-refractivity contribution in [3.05, 3.63) is 0 Å². The highest BCUT2D eigenvalue weighted by Crippen LogP contribution is 2.23. The average Bonchev–Trinajstić information content (AvgIpc) is 2.07. The summed E-state index contributed by atoms with van der Waals surface area (Å²) >= 11 is 1.84. The molecule has 3 heteroatoms. The van der Waals surface area contributed by atoms with Crippen molar-refractivity contribution >= 4 is 17.7 Å². The van der Waals surface area contributed by atoms with Gasteiger partial charge in [0.2, 0.25) is 5.91 Å². The molecule has 64 valence electrons. The van der Waals surface area contributed by atoms with Gasteiger partial charge in [0.05, 0.1) is 5.88 Å². The Hall–Kier alpha value is -0.180. The number of hydrogen-bond donors (Lipinski definition) is 0. The molecule has 0 N–H and O–H groups in total. The molecular weight excluding hydrogens is 158 g/mol. The van der Waals surface area contributed by atoms with Crippen molar-refractivity contribution in [2.24, 2.45) is 11.8 Å². The Kier molecular flexibility index (Phi) is 2.82. The van der Waals surface area contributed by atoms with Crippen LogP contribution in [0.2, 0.25) is 0 Å². The first-order valence-corrected chi connectivity index (χ1v) is 5.11. The highest BCUT2D eigenvalue weighted by atomic mass is 32.2. The summed E-state index contributed by atoms with van der Waals surface area (Å²) in [4.78, 5) is 13.3. The van der Waals surface area contributed by atoms with Crippen LogP contribution in [0.25, 0.3) is 0 Å². The number of carbonyl (C=O) groups is 1. The van der Waals surface area contributed by atoms with Gasteiger partial charge in [0.1, 0.15) is 0 Å². The average molecular weight is 173 g/mol.